The number of aromatic nitrogens is 1. The Balaban J connectivity index is 0.00000112. The predicted octanol–water partition coefficient (Wildman–Crippen LogP) is 1.56. The average Bonchev–Trinajstić information content (AvgIpc) is 2.56. The summed E-state index contributed by atoms with van der Waals surface area (Å²) in [6.07, 6.45) is 2.06. The molecule has 3 nitrogen and oxygen atoms in total. The highest BCUT2D eigenvalue weighted by molar-refractivity contribution is 5.85. The number of nitrogens with two attached hydrogens (primary N) is 2. The monoisotopic (exact) mass is 225 g/mol. The third-order valence-electron chi connectivity index (χ3n) is 2.58. The number of nitrogens with zero attached hydrogens (tertiary/aromatic N) is 1. The number of hydrogen-bond acceptors (Lipinski definition) is 2. The van der Waals surface area contributed by atoms with E-state index >= 15 is 0 Å². The van der Waals surface area contributed by atoms with Crippen LogP contribution in [0.5, 0.6) is 0 Å². The summed E-state index contributed by atoms with van der Waals surface area (Å²) in [7, 11) is 2.02. The first-order valence-corrected chi connectivity index (χ1v) is 4.73. The van der Waals surface area contributed by atoms with Gasteiger partial charge in [0.1, 0.15) is 0 Å². The van der Waals surface area contributed by atoms with Gasteiger partial charge in [0.25, 0.3) is 0 Å². The molecular weight excluding hydrogens is 210 g/mol. The standard InChI is InChI=1S/C11H15N3.ClH/c1-14-7-9(10(13)6-12)8-4-2-3-5-11(8)14;/h2-5,7,10H,6,12-13H2,1H3;1H/t10-;/m0./s1. The van der Waals surface area contributed by atoms with E-state index in [9.17, 15) is 0 Å². The largest absolute Gasteiger partial charge is 0.350 e. The molecule has 1 atom stereocenters. The first-order chi connectivity index (χ1) is 6.74. The van der Waals surface area contributed by atoms with Crippen molar-refractivity contribution in [3.63, 3.8) is 0 Å². The van der Waals surface area contributed by atoms with E-state index in [1.54, 1.807) is 0 Å². The van der Waals surface area contributed by atoms with Crippen LogP contribution in [0.4, 0.5) is 0 Å². The van der Waals surface area contributed by atoms with Crippen LogP contribution >= 0.6 is 12.4 Å². The first kappa shape index (κ1) is 12.0. The maximum absolute atomic E-state index is 5.94. The van der Waals surface area contributed by atoms with Crippen molar-refractivity contribution in [3.8, 4) is 0 Å². The molecule has 0 radical (unpaired) electrons. The highest BCUT2D eigenvalue weighted by Crippen LogP contribution is 2.23. The first-order valence-electron chi connectivity index (χ1n) is 4.73. The van der Waals surface area contributed by atoms with Gasteiger partial charge in [-0.2, -0.15) is 0 Å². The van der Waals surface area contributed by atoms with Gasteiger partial charge in [0, 0.05) is 36.7 Å². The van der Waals surface area contributed by atoms with Crippen molar-refractivity contribution in [2.45, 2.75) is 6.04 Å². The third-order valence-corrected chi connectivity index (χ3v) is 2.58. The van der Waals surface area contributed by atoms with Crippen LogP contribution in [-0.2, 0) is 7.05 Å². The molecule has 4 heteroatoms. The molecule has 1 heterocycles. The van der Waals surface area contributed by atoms with E-state index in [1.165, 1.54) is 10.9 Å². The number of fused-ring (bicyclic) bond motifs is 1. The van der Waals surface area contributed by atoms with Crippen LogP contribution in [0.2, 0.25) is 0 Å². The Morgan fingerprint density at radius 1 is 1.33 bits per heavy atom. The summed E-state index contributed by atoms with van der Waals surface area (Å²) in [5.74, 6) is 0. The fourth-order valence-corrected chi connectivity index (χ4v) is 1.80. The number of rotatable bonds is 2. The summed E-state index contributed by atoms with van der Waals surface area (Å²) in [5, 5.41) is 1.20. The SMILES string of the molecule is Cl.Cn1cc([C@@H](N)CN)c2ccccc21. The van der Waals surface area contributed by atoms with Gasteiger partial charge >= 0.3 is 0 Å². The molecule has 2 rings (SSSR count). The van der Waals surface area contributed by atoms with Gasteiger partial charge in [-0.1, -0.05) is 18.2 Å². The van der Waals surface area contributed by atoms with E-state index in [-0.39, 0.29) is 18.4 Å². The van der Waals surface area contributed by atoms with Crippen molar-refractivity contribution < 1.29 is 0 Å². The van der Waals surface area contributed by atoms with Gasteiger partial charge in [0.15, 0.2) is 0 Å². The minimum Gasteiger partial charge on any atom is -0.350 e. The highest BCUT2D eigenvalue weighted by Gasteiger charge is 2.10. The molecular formula is C11H16ClN3. The zero-order valence-corrected chi connectivity index (χ0v) is 9.50. The molecule has 0 aliphatic heterocycles. The summed E-state index contributed by atoms with van der Waals surface area (Å²) in [5.41, 5.74) is 13.8. The van der Waals surface area contributed by atoms with Crippen molar-refractivity contribution in [2.75, 3.05) is 6.54 Å². The second-order valence-electron chi connectivity index (χ2n) is 3.55. The maximum Gasteiger partial charge on any atom is 0.0481 e. The number of benzene rings is 1. The summed E-state index contributed by atoms with van der Waals surface area (Å²) >= 11 is 0. The van der Waals surface area contributed by atoms with Crippen LogP contribution in [-0.4, -0.2) is 11.1 Å². The number of aryl methyl sites for hydroxylation is 1. The molecule has 0 bridgehead atoms. The maximum atomic E-state index is 5.94. The Kier molecular flexibility index (Phi) is 3.74. The molecule has 0 aliphatic carbocycles. The van der Waals surface area contributed by atoms with E-state index in [0.29, 0.717) is 6.54 Å². The van der Waals surface area contributed by atoms with Crippen LogP contribution in [0.3, 0.4) is 0 Å². The third kappa shape index (κ3) is 2.00. The second-order valence-corrected chi connectivity index (χ2v) is 3.55. The second kappa shape index (κ2) is 4.66. The van der Waals surface area contributed by atoms with Crippen molar-refractivity contribution in [1.29, 1.82) is 0 Å². The fraction of sp³-hybridized carbons (Fsp3) is 0.273. The van der Waals surface area contributed by atoms with Crippen molar-refractivity contribution in [1.82, 2.24) is 4.57 Å². The molecule has 0 unspecified atom stereocenters. The Labute approximate surface area is 95.5 Å². The normalized spacial score (nSPS) is 12.5. The van der Waals surface area contributed by atoms with Crippen molar-refractivity contribution >= 4 is 23.3 Å². The van der Waals surface area contributed by atoms with Crippen LogP contribution < -0.4 is 11.5 Å². The molecule has 0 saturated carbocycles. The number of para-hydroxylation sites is 1. The predicted molar refractivity (Wildman–Crippen MR) is 66.1 cm³/mol. The van der Waals surface area contributed by atoms with Gasteiger partial charge in [0.05, 0.1) is 0 Å². The Hall–Kier alpha value is -1.03. The topological polar surface area (TPSA) is 57.0 Å². The molecule has 4 N–H and O–H groups in total. The zero-order chi connectivity index (χ0) is 10.1. The molecule has 1 aromatic heterocycles. The zero-order valence-electron chi connectivity index (χ0n) is 8.68. The smallest absolute Gasteiger partial charge is 0.0481 e. The van der Waals surface area contributed by atoms with Gasteiger partial charge in [-0.15, -0.1) is 12.4 Å². The summed E-state index contributed by atoms with van der Waals surface area (Å²) < 4.78 is 2.08. The van der Waals surface area contributed by atoms with Crippen molar-refractivity contribution in [2.24, 2.45) is 18.5 Å². The van der Waals surface area contributed by atoms with Crippen LogP contribution in [0.1, 0.15) is 11.6 Å². The minimum absolute atomic E-state index is 0. The average molecular weight is 226 g/mol. The minimum atomic E-state index is -0.0684. The summed E-state index contributed by atoms with van der Waals surface area (Å²) in [6, 6.07) is 8.15. The molecule has 0 saturated heterocycles. The lowest BCUT2D eigenvalue weighted by atomic mass is 10.1. The number of halogens is 1. The van der Waals surface area contributed by atoms with E-state index in [1.807, 2.05) is 19.2 Å². The van der Waals surface area contributed by atoms with Gasteiger partial charge < -0.3 is 16.0 Å². The molecule has 0 spiro atoms. The van der Waals surface area contributed by atoms with Crippen LogP contribution in [0.15, 0.2) is 30.5 Å². The Morgan fingerprint density at radius 2 is 2.00 bits per heavy atom. The van der Waals surface area contributed by atoms with E-state index in [4.69, 9.17) is 11.5 Å². The van der Waals surface area contributed by atoms with Crippen molar-refractivity contribution in [3.05, 3.63) is 36.0 Å². The lowest BCUT2D eigenvalue weighted by Crippen LogP contribution is -2.20. The number of hydrogen-bond donors (Lipinski definition) is 2. The Bertz CT molecular complexity index is 450. The molecule has 82 valence electrons. The molecule has 0 amide bonds. The molecule has 1 aromatic carbocycles. The van der Waals surface area contributed by atoms with Gasteiger partial charge in [-0.05, 0) is 11.6 Å². The fourth-order valence-electron chi connectivity index (χ4n) is 1.80. The molecule has 0 fully saturated rings. The van der Waals surface area contributed by atoms with E-state index in [0.717, 1.165) is 5.56 Å². The van der Waals surface area contributed by atoms with Gasteiger partial charge in [-0.3, -0.25) is 0 Å². The lowest BCUT2D eigenvalue weighted by Gasteiger charge is -2.06. The summed E-state index contributed by atoms with van der Waals surface area (Å²) in [4.78, 5) is 0. The summed E-state index contributed by atoms with van der Waals surface area (Å²) in [6.45, 7) is 0.480. The highest BCUT2D eigenvalue weighted by atomic mass is 35.5. The Morgan fingerprint density at radius 3 is 2.67 bits per heavy atom. The molecule has 2 aromatic rings. The van der Waals surface area contributed by atoms with Gasteiger partial charge in [-0.25, -0.2) is 0 Å². The van der Waals surface area contributed by atoms with Crippen LogP contribution in [0, 0.1) is 0 Å². The van der Waals surface area contributed by atoms with Gasteiger partial charge in [0.2, 0.25) is 0 Å². The quantitative estimate of drug-likeness (QED) is 0.815. The van der Waals surface area contributed by atoms with E-state index < -0.39 is 0 Å². The molecule has 0 aliphatic rings. The van der Waals surface area contributed by atoms with E-state index in [2.05, 4.69) is 22.9 Å². The lowest BCUT2D eigenvalue weighted by molar-refractivity contribution is 0.738. The van der Waals surface area contributed by atoms with Crippen LogP contribution in [0.25, 0.3) is 10.9 Å². The molecule has 15 heavy (non-hydrogen) atoms.